The molecule has 0 spiro atoms. The van der Waals surface area contributed by atoms with Crippen molar-refractivity contribution < 1.29 is 9.55 Å². The van der Waals surface area contributed by atoms with E-state index in [1.165, 1.54) is 44.2 Å². The van der Waals surface area contributed by atoms with E-state index in [-0.39, 0.29) is 0 Å². The van der Waals surface area contributed by atoms with Crippen molar-refractivity contribution in [3.63, 3.8) is 0 Å². The van der Waals surface area contributed by atoms with Crippen LogP contribution < -0.4 is 20.2 Å². The minimum absolute atomic E-state index is 0.930. The van der Waals surface area contributed by atoms with E-state index in [1.54, 1.807) is 0 Å². The summed E-state index contributed by atoms with van der Waals surface area (Å²) in [7, 11) is 2.13. The second-order valence-corrected chi connectivity index (χ2v) is 11.3. The number of aryl methyl sites for hydroxylation is 7. The first-order valence-corrected chi connectivity index (χ1v) is 14.4. The second kappa shape index (κ2) is 11.1. The lowest BCUT2D eigenvalue weighted by molar-refractivity contribution is -0.651. The van der Waals surface area contributed by atoms with Crippen LogP contribution in [0.1, 0.15) is 33.6 Å². The quantitative estimate of drug-likeness (QED) is 0.202. The van der Waals surface area contributed by atoms with Crippen molar-refractivity contribution in [1.29, 1.82) is 0 Å². The molecule has 0 radical (unpaired) electrons. The van der Waals surface area contributed by atoms with Crippen LogP contribution >= 0.6 is 0 Å². The highest BCUT2D eigenvalue weighted by molar-refractivity contribution is 5.93. The summed E-state index contributed by atoms with van der Waals surface area (Å²) in [4.78, 5) is 3.50. The van der Waals surface area contributed by atoms with Gasteiger partial charge in [0.15, 0.2) is 11.4 Å². The Hall–Kier alpha value is -4.70. The zero-order chi connectivity index (χ0) is 28.5. The maximum atomic E-state index is 3.80. The zero-order valence-electron chi connectivity index (χ0n) is 24.6. The minimum Gasteiger partial charge on any atom is -0.354 e. The molecule has 0 aliphatic heterocycles. The van der Waals surface area contributed by atoms with E-state index in [0.717, 1.165) is 46.8 Å². The molecular formula is C37H38N4+2. The van der Waals surface area contributed by atoms with Crippen LogP contribution in [0.25, 0.3) is 21.8 Å². The number of fused-ring (bicyclic) bond motifs is 2. The second-order valence-electron chi connectivity index (χ2n) is 11.3. The van der Waals surface area contributed by atoms with Gasteiger partial charge in [-0.3, -0.25) is 0 Å². The molecule has 204 valence electrons. The van der Waals surface area contributed by atoms with Gasteiger partial charge in [0.05, 0.1) is 22.1 Å². The fraction of sp³-hybridized carbons (Fsp3) is 0.189. The van der Waals surface area contributed by atoms with Crippen LogP contribution in [-0.4, -0.2) is 0 Å². The molecule has 4 nitrogen and oxygen atoms in total. The first-order valence-electron chi connectivity index (χ1n) is 14.4. The average Bonchev–Trinajstić information content (AvgIpc) is 2.96. The Bertz CT molecular complexity index is 1900. The van der Waals surface area contributed by atoms with Crippen molar-refractivity contribution in [2.24, 2.45) is 7.05 Å². The third-order valence-corrected chi connectivity index (χ3v) is 8.08. The number of aromatic amines is 1. The van der Waals surface area contributed by atoms with E-state index in [4.69, 9.17) is 0 Å². The molecule has 6 aromatic rings. The molecule has 2 heterocycles. The molecule has 0 bridgehead atoms. The molecule has 0 amide bonds. The SMILES string of the molecule is Cc1ccc2[nH+]c(C)cc(Nc3ccccc3CCc3ccccc3Nc3cc(C)[n+](C)c4ccc(C)cc34)c2c1. The molecule has 0 fully saturated rings. The summed E-state index contributed by atoms with van der Waals surface area (Å²) in [6, 6.07) is 35.1. The van der Waals surface area contributed by atoms with E-state index in [1.807, 2.05) is 0 Å². The molecule has 0 saturated carbocycles. The molecule has 0 saturated heterocycles. The molecule has 0 atom stereocenters. The van der Waals surface area contributed by atoms with Crippen LogP contribution in [0.4, 0.5) is 22.7 Å². The van der Waals surface area contributed by atoms with E-state index in [9.17, 15) is 0 Å². The normalized spacial score (nSPS) is 11.2. The molecule has 6 rings (SSSR count). The molecule has 0 unspecified atom stereocenters. The fourth-order valence-corrected chi connectivity index (χ4v) is 5.75. The van der Waals surface area contributed by atoms with E-state index >= 15 is 0 Å². The Morgan fingerprint density at radius 2 is 1.15 bits per heavy atom. The van der Waals surface area contributed by atoms with Gasteiger partial charge in [0.25, 0.3) is 0 Å². The van der Waals surface area contributed by atoms with E-state index in [2.05, 4.69) is 152 Å². The Labute approximate surface area is 242 Å². The molecule has 4 heteroatoms. The van der Waals surface area contributed by atoms with Crippen molar-refractivity contribution in [1.82, 2.24) is 0 Å². The summed E-state index contributed by atoms with van der Waals surface area (Å²) in [6.07, 6.45) is 1.86. The van der Waals surface area contributed by atoms with Gasteiger partial charge in [-0.1, -0.05) is 48.5 Å². The van der Waals surface area contributed by atoms with E-state index in [0.29, 0.717) is 0 Å². The Morgan fingerprint density at radius 3 is 1.80 bits per heavy atom. The number of nitrogens with one attached hydrogen (secondary N) is 3. The van der Waals surface area contributed by atoms with Crippen LogP contribution in [0.15, 0.2) is 97.1 Å². The maximum Gasteiger partial charge on any atom is 0.214 e. The molecule has 2 aromatic heterocycles. The van der Waals surface area contributed by atoms with Gasteiger partial charge in [-0.05, 0) is 73.2 Å². The number of H-pyrrole nitrogens is 1. The van der Waals surface area contributed by atoms with Gasteiger partial charge in [0.2, 0.25) is 11.0 Å². The van der Waals surface area contributed by atoms with Crippen LogP contribution in [0.2, 0.25) is 0 Å². The van der Waals surface area contributed by atoms with Crippen molar-refractivity contribution in [2.75, 3.05) is 10.6 Å². The maximum absolute atomic E-state index is 3.80. The highest BCUT2D eigenvalue weighted by Gasteiger charge is 2.16. The van der Waals surface area contributed by atoms with Crippen molar-refractivity contribution >= 4 is 44.6 Å². The van der Waals surface area contributed by atoms with Crippen LogP contribution in [0.5, 0.6) is 0 Å². The predicted molar refractivity (Wildman–Crippen MR) is 171 cm³/mol. The smallest absolute Gasteiger partial charge is 0.214 e. The third kappa shape index (κ3) is 5.51. The van der Waals surface area contributed by atoms with Crippen molar-refractivity contribution in [2.45, 2.75) is 40.5 Å². The summed E-state index contributed by atoms with van der Waals surface area (Å²) in [5, 5.41) is 10.0. The zero-order valence-corrected chi connectivity index (χ0v) is 24.6. The summed E-state index contributed by atoms with van der Waals surface area (Å²) >= 11 is 0. The van der Waals surface area contributed by atoms with Crippen LogP contribution in [0, 0.1) is 27.7 Å². The number of nitrogens with zero attached hydrogens (tertiary/aromatic N) is 1. The summed E-state index contributed by atoms with van der Waals surface area (Å²) in [5.74, 6) is 0. The first kappa shape index (κ1) is 26.5. The molecule has 4 aromatic carbocycles. The molecule has 3 N–H and O–H groups in total. The highest BCUT2D eigenvalue weighted by Crippen LogP contribution is 2.31. The lowest BCUT2D eigenvalue weighted by Crippen LogP contribution is -2.33. The van der Waals surface area contributed by atoms with Crippen LogP contribution in [0.3, 0.4) is 0 Å². The molecular weight excluding hydrogens is 500 g/mol. The van der Waals surface area contributed by atoms with E-state index < -0.39 is 0 Å². The largest absolute Gasteiger partial charge is 0.354 e. The van der Waals surface area contributed by atoms with Crippen LogP contribution in [-0.2, 0) is 19.9 Å². The van der Waals surface area contributed by atoms with Gasteiger partial charge in [0, 0.05) is 49.5 Å². The summed E-state index contributed by atoms with van der Waals surface area (Å²) in [5.41, 5.74) is 14.4. The molecule has 0 aliphatic rings. The Kier molecular flexibility index (Phi) is 7.15. The van der Waals surface area contributed by atoms with Crippen molar-refractivity contribution in [3.05, 3.63) is 131 Å². The third-order valence-electron chi connectivity index (χ3n) is 8.08. The van der Waals surface area contributed by atoms with Gasteiger partial charge in [-0.2, -0.15) is 4.57 Å². The lowest BCUT2D eigenvalue weighted by Gasteiger charge is -2.16. The molecule has 0 aliphatic carbocycles. The number of benzene rings is 4. The summed E-state index contributed by atoms with van der Waals surface area (Å²) in [6.45, 7) is 8.57. The minimum atomic E-state index is 0.930. The number of pyridine rings is 2. The predicted octanol–water partition coefficient (Wildman–Crippen LogP) is 8.14. The van der Waals surface area contributed by atoms with Gasteiger partial charge in [-0.25, -0.2) is 4.98 Å². The van der Waals surface area contributed by atoms with Crippen molar-refractivity contribution in [3.8, 4) is 0 Å². The van der Waals surface area contributed by atoms with Gasteiger partial charge in [0.1, 0.15) is 7.05 Å². The number of hydrogen-bond donors (Lipinski definition) is 2. The average molecular weight is 539 g/mol. The van der Waals surface area contributed by atoms with Gasteiger partial charge in [-0.15, -0.1) is 0 Å². The number of hydrogen-bond acceptors (Lipinski definition) is 2. The molecule has 41 heavy (non-hydrogen) atoms. The monoisotopic (exact) mass is 538 g/mol. The van der Waals surface area contributed by atoms with Gasteiger partial charge >= 0.3 is 0 Å². The number of anilines is 4. The Morgan fingerprint density at radius 1 is 0.585 bits per heavy atom. The number of aromatic nitrogens is 2. The topological polar surface area (TPSA) is 42.1 Å². The number of rotatable bonds is 7. The van der Waals surface area contributed by atoms with Gasteiger partial charge < -0.3 is 10.6 Å². The summed E-state index contributed by atoms with van der Waals surface area (Å²) < 4.78 is 2.26. The fourth-order valence-electron chi connectivity index (χ4n) is 5.75. The lowest BCUT2D eigenvalue weighted by atomic mass is 10.0. The standard InChI is InChI=1S/C37H36N4/c1-24-14-18-34-30(20-24)35(22-26(3)38-34)39-32-12-8-6-10-28(32)16-17-29-11-7-9-13-33(29)40-36-23-27(4)41(5)37-19-15-25(2)21-31(36)37/h6-15,18-23H,16-17H2,1-5H3,(H,38,39)/p+2. The first-order chi connectivity index (χ1) is 19.9. The highest BCUT2D eigenvalue weighted by atomic mass is 15.0. The number of para-hydroxylation sites is 2. The Balaban J connectivity index is 1.29.